The van der Waals surface area contributed by atoms with Crippen LogP contribution in [0.25, 0.3) is 0 Å². The van der Waals surface area contributed by atoms with E-state index in [1.165, 1.54) is 12.5 Å². The van der Waals surface area contributed by atoms with Crippen molar-refractivity contribution in [3.8, 4) is 0 Å². The van der Waals surface area contributed by atoms with E-state index in [1.807, 2.05) is 0 Å². The topological polar surface area (TPSA) is 89.7 Å². The fraction of sp³-hybridized carbons (Fsp3) is 0.636. The van der Waals surface area contributed by atoms with Gasteiger partial charge in [-0.05, 0) is 6.92 Å². The third kappa shape index (κ3) is 3.26. The first-order valence-electron chi connectivity index (χ1n) is 6.09. The smallest absolute Gasteiger partial charge is 0.360 e. The van der Waals surface area contributed by atoms with E-state index in [-0.39, 0.29) is 18.3 Å². The second-order valence-corrected chi connectivity index (χ2v) is 7.64. The molecule has 0 amide bonds. The summed E-state index contributed by atoms with van der Waals surface area (Å²) >= 11 is 1.57. The molecule has 1 unspecified atom stereocenters. The first kappa shape index (κ1) is 15.2. The predicted octanol–water partition coefficient (Wildman–Crippen LogP) is 0.775. The summed E-state index contributed by atoms with van der Waals surface area (Å²) < 4.78 is 33.7. The van der Waals surface area contributed by atoms with Crippen LogP contribution in [-0.4, -0.2) is 55.7 Å². The molecule has 1 fully saturated rings. The van der Waals surface area contributed by atoms with Crippen molar-refractivity contribution in [3.63, 3.8) is 0 Å². The van der Waals surface area contributed by atoms with Crippen molar-refractivity contribution in [3.05, 3.63) is 12.0 Å². The molecule has 1 saturated heterocycles. The molecule has 1 aliphatic heterocycles. The molecule has 1 aromatic heterocycles. The van der Waals surface area contributed by atoms with Gasteiger partial charge in [-0.2, -0.15) is 16.7 Å². The molecule has 1 aromatic rings. The van der Waals surface area contributed by atoms with E-state index in [0.29, 0.717) is 12.3 Å². The minimum atomic E-state index is -3.26. The van der Waals surface area contributed by atoms with Crippen molar-refractivity contribution >= 4 is 33.6 Å². The Kier molecular flexibility index (Phi) is 4.59. The average molecular weight is 320 g/mol. The van der Waals surface area contributed by atoms with E-state index in [2.05, 4.69) is 4.98 Å². The second kappa shape index (κ2) is 6.04. The lowest BCUT2D eigenvalue weighted by atomic mass is 10.5. The highest BCUT2D eigenvalue weighted by molar-refractivity contribution is 8.01. The Hall–Kier alpha value is -1.22. The SMILES string of the molecule is CCOC(=O)c1coc(N2CCSCC2S(C)(=O)=O)n1. The van der Waals surface area contributed by atoms with Gasteiger partial charge in [-0.15, -0.1) is 0 Å². The van der Waals surface area contributed by atoms with Crippen molar-refractivity contribution < 1.29 is 22.4 Å². The number of carbonyl (C=O) groups excluding carboxylic acids is 1. The van der Waals surface area contributed by atoms with Crippen LogP contribution in [-0.2, 0) is 14.6 Å². The Balaban J connectivity index is 2.23. The summed E-state index contributed by atoms with van der Waals surface area (Å²) in [5, 5.41) is -0.685. The Morgan fingerprint density at radius 1 is 1.65 bits per heavy atom. The van der Waals surface area contributed by atoms with Gasteiger partial charge >= 0.3 is 5.97 Å². The molecule has 112 valence electrons. The minimum Gasteiger partial charge on any atom is -0.461 e. The average Bonchev–Trinajstić information content (AvgIpc) is 2.87. The lowest BCUT2D eigenvalue weighted by molar-refractivity contribution is 0.0519. The molecule has 7 nitrogen and oxygen atoms in total. The van der Waals surface area contributed by atoms with Crippen molar-refractivity contribution in [2.75, 3.05) is 35.8 Å². The molecule has 1 aliphatic rings. The quantitative estimate of drug-likeness (QED) is 0.752. The number of oxazole rings is 1. The summed E-state index contributed by atoms with van der Waals surface area (Å²) in [7, 11) is -3.26. The molecular formula is C11H16N2O5S2. The number of hydrogen-bond acceptors (Lipinski definition) is 8. The van der Waals surface area contributed by atoms with E-state index >= 15 is 0 Å². The van der Waals surface area contributed by atoms with Crippen LogP contribution >= 0.6 is 11.8 Å². The Morgan fingerprint density at radius 3 is 3.05 bits per heavy atom. The molecule has 2 rings (SSSR count). The van der Waals surface area contributed by atoms with Gasteiger partial charge in [0.15, 0.2) is 15.5 Å². The Labute approximate surface area is 121 Å². The number of anilines is 1. The summed E-state index contributed by atoms with van der Waals surface area (Å²) in [6.07, 6.45) is 2.38. The van der Waals surface area contributed by atoms with Crippen molar-refractivity contribution in [1.82, 2.24) is 4.98 Å². The molecule has 0 radical (unpaired) electrons. The minimum absolute atomic E-state index is 0.0485. The maximum Gasteiger partial charge on any atom is 0.360 e. The van der Waals surface area contributed by atoms with E-state index in [1.54, 1.807) is 23.6 Å². The van der Waals surface area contributed by atoms with Gasteiger partial charge in [-0.1, -0.05) is 0 Å². The molecule has 0 saturated carbocycles. The first-order chi connectivity index (χ1) is 9.43. The van der Waals surface area contributed by atoms with E-state index in [0.717, 1.165) is 5.75 Å². The van der Waals surface area contributed by atoms with E-state index in [9.17, 15) is 13.2 Å². The van der Waals surface area contributed by atoms with Crippen LogP contribution in [0.15, 0.2) is 10.7 Å². The normalized spacial score (nSPS) is 19.9. The van der Waals surface area contributed by atoms with Crippen LogP contribution in [0.1, 0.15) is 17.4 Å². The summed E-state index contributed by atoms with van der Waals surface area (Å²) in [6.45, 7) is 2.44. The van der Waals surface area contributed by atoms with Gasteiger partial charge < -0.3 is 14.1 Å². The van der Waals surface area contributed by atoms with Crippen molar-refractivity contribution in [2.45, 2.75) is 12.3 Å². The highest BCUT2D eigenvalue weighted by atomic mass is 32.2. The number of esters is 1. The monoisotopic (exact) mass is 320 g/mol. The third-order valence-electron chi connectivity index (χ3n) is 2.80. The maximum absolute atomic E-state index is 11.8. The lowest BCUT2D eigenvalue weighted by Gasteiger charge is -2.32. The largest absolute Gasteiger partial charge is 0.461 e. The molecule has 0 aromatic carbocycles. The molecule has 0 spiro atoms. The van der Waals surface area contributed by atoms with Gasteiger partial charge in [-0.3, -0.25) is 0 Å². The molecule has 1 atom stereocenters. The number of aromatic nitrogens is 1. The molecule has 2 heterocycles. The highest BCUT2D eigenvalue weighted by Crippen LogP contribution is 2.26. The first-order valence-corrected chi connectivity index (χ1v) is 9.20. The zero-order valence-corrected chi connectivity index (χ0v) is 12.9. The second-order valence-electron chi connectivity index (χ2n) is 4.29. The van der Waals surface area contributed by atoms with Crippen LogP contribution in [0, 0.1) is 0 Å². The number of rotatable bonds is 4. The molecule has 0 N–H and O–H groups in total. The molecular weight excluding hydrogens is 304 g/mol. The van der Waals surface area contributed by atoms with Gasteiger partial charge in [0.05, 0.1) is 6.61 Å². The summed E-state index contributed by atoms with van der Waals surface area (Å²) in [4.78, 5) is 17.1. The van der Waals surface area contributed by atoms with Gasteiger partial charge in [0, 0.05) is 24.3 Å². The van der Waals surface area contributed by atoms with Crippen molar-refractivity contribution in [1.29, 1.82) is 0 Å². The zero-order valence-electron chi connectivity index (χ0n) is 11.2. The summed E-state index contributed by atoms with van der Waals surface area (Å²) in [5.74, 6) is 0.656. The number of nitrogens with zero attached hydrogens (tertiary/aromatic N) is 2. The van der Waals surface area contributed by atoms with E-state index < -0.39 is 21.2 Å². The Bertz CT molecular complexity index is 583. The van der Waals surface area contributed by atoms with Gasteiger partial charge in [0.25, 0.3) is 6.01 Å². The van der Waals surface area contributed by atoms with Crippen molar-refractivity contribution in [2.24, 2.45) is 0 Å². The zero-order chi connectivity index (χ0) is 14.8. The molecule has 0 bridgehead atoms. The predicted molar refractivity (Wildman–Crippen MR) is 75.8 cm³/mol. The van der Waals surface area contributed by atoms with Gasteiger partial charge in [0.1, 0.15) is 11.6 Å². The molecule has 0 aliphatic carbocycles. The van der Waals surface area contributed by atoms with Crippen LogP contribution in [0.5, 0.6) is 0 Å². The Morgan fingerprint density at radius 2 is 2.40 bits per heavy atom. The number of thioether (sulfide) groups is 1. The third-order valence-corrected chi connectivity index (χ3v) is 5.44. The van der Waals surface area contributed by atoms with E-state index in [4.69, 9.17) is 9.15 Å². The van der Waals surface area contributed by atoms with Crippen LogP contribution in [0.2, 0.25) is 0 Å². The van der Waals surface area contributed by atoms with Crippen LogP contribution < -0.4 is 4.90 Å². The molecule has 9 heteroatoms. The number of sulfone groups is 1. The fourth-order valence-corrected chi connectivity index (χ4v) is 4.66. The number of carbonyl (C=O) groups is 1. The summed E-state index contributed by atoms with van der Waals surface area (Å²) in [6, 6.07) is 0.142. The van der Waals surface area contributed by atoms with Crippen LogP contribution in [0.3, 0.4) is 0 Å². The maximum atomic E-state index is 11.8. The number of hydrogen-bond donors (Lipinski definition) is 0. The summed E-state index contributed by atoms with van der Waals surface area (Å²) in [5.41, 5.74) is 0.0485. The van der Waals surface area contributed by atoms with Gasteiger partial charge in [0.2, 0.25) is 0 Å². The number of ether oxygens (including phenoxy) is 1. The lowest BCUT2D eigenvalue weighted by Crippen LogP contribution is -2.47. The molecule has 20 heavy (non-hydrogen) atoms. The van der Waals surface area contributed by atoms with Gasteiger partial charge in [-0.25, -0.2) is 13.2 Å². The standard InChI is InChI=1S/C11H16N2O5S2/c1-3-17-10(14)8-6-18-11(12-8)13-4-5-19-7-9(13)20(2,15)16/h6,9H,3-5,7H2,1-2H3. The fourth-order valence-electron chi connectivity index (χ4n) is 1.85. The highest BCUT2D eigenvalue weighted by Gasteiger charge is 2.34. The van der Waals surface area contributed by atoms with Crippen LogP contribution in [0.4, 0.5) is 6.01 Å².